The van der Waals surface area contributed by atoms with Gasteiger partial charge in [0.25, 0.3) is 0 Å². The van der Waals surface area contributed by atoms with Crippen LogP contribution in [0.1, 0.15) is 71.6 Å². The molecule has 0 spiro atoms. The number of hydrogen-bond acceptors (Lipinski definition) is 5. The van der Waals surface area contributed by atoms with E-state index in [1.165, 1.54) is 4.90 Å². The van der Waals surface area contributed by atoms with E-state index in [0.717, 1.165) is 0 Å². The zero-order valence-corrected chi connectivity index (χ0v) is 19.4. The lowest BCUT2D eigenvalue weighted by Gasteiger charge is -2.44. The summed E-state index contributed by atoms with van der Waals surface area (Å²) in [5.74, 6) is -0.550. The van der Waals surface area contributed by atoms with Gasteiger partial charge in [0.2, 0.25) is 0 Å². The molecule has 3 rings (SSSR count). The van der Waals surface area contributed by atoms with Crippen LogP contribution in [0.2, 0.25) is 5.02 Å². The van der Waals surface area contributed by atoms with Crippen molar-refractivity contribution in [3.8, 4) is 5.69 Å². The highest BCUT2D eigenvalue weighted by atomic mass is 35.5. The molecule has 1 aliphatic heterocycles. The third-order valence-corrected chi connectivity index (χ3v) is 4.75. The minimum absolute atomic E-state index is 0.157. The van der Waals surface area contributed by atoms with Gasteiger partial charge in [-0.1, -0.05) is 11.6 Å². The lowest BCUT2D eigenvalue weighted by Crippen LogP contribution is -2.52. The van der Waals surface area contributed by atoms with Gasteiger partial charge in [-0.3, -0.25) is 9.47 Å². The zero-order chi connectivity index (χ0) is 22.6. The summed E-state index contributed by atoms with van der Waals surface area (Å²) in [4.78, 5) is 32.0. The Morgan fingerprint density at radius 2 is 1.60 bits per heavy atom. The summed E-state index contributed by atoms with van der Waals surface area (Å²) < 4.78 is 13.0. The van der Waals surface area contributed by atoms with Crippen LogP contribution >= 0.6 is 11.6 Å². The average Bonchev–Trinajstić information content (AvgIpc) is 2.97. The Morgan fingerprint density at radius 1 is 1.00 bits per heavy atom. The van der Waals surface area contributed by atoms with Gasteiger partial charge in [-0.15, -0.1) is 0 Å². The first-order chi connectivity index (χ1) is 13.6. The number of benzene rings is 1. The van der Waals surface area contributed by atoms with Gasteiger partial charge >= 0.3 is 12.1 Å². The molecule has 0 aliphatic carbocycles. The van der Waals surface area contributed by atoms with Gasteiger partial charge in [0, 0.05) is 5.02 Å². The molecule has 0 N–H and O–H groups in total. The molecular weight excluding hydrogens is 406 g/mol. The highest BCUT2D eigenvalue weighted by Crippen LogP contribution is 2.45. The number of ether oxygens (including phenoxy) is 2. The van der Waals surface area contributed by atoms with E-state index in [4.69, 9.17) is 21.1 Å². The second-order valence-electron chi connectivity index (χ2n) is 9.82. The standard InChI is InChI=1S/C22H28ClN3O4/c1-20(2,3)29-18(27)16-17-22(7,8)26(19(28)30-21(4,5)6)15-11-13(23)9-10-14(15)25(17)12-24-16/h9-12H,1-8H3. The SMILES string of the molecule is CC(C)(C)OC(=O)c1ncn2c1C(C)(C)N(C(=O)OC(C)(C)C)c1cc(Cl)ccc1-2. The van der Waals surface area contributed by atoms with E-state index < -0.39 is 28.8 Å². The summed E-state index contributed by atoms with van der Waals surface area (Å²) in [5.41, 5.74) is -0.408. The maximum Gasteiger partial charge on any atom is 0.415 e. The molecule has 0 bridgehead atoms. The molecule has 0 radical (unpaired) electrons. The van der Waals surface area contributed by atoms with E-state index in [0.29, 0.717) is 22.1 Å². The van der Waals surface area contributed by atoms with Crippen molar-refractivity contribution < 1.29 is 19.1 Å². The van der Waals surface area contributed by atoms with Crippen LogP contribution in [0.15, 0.2) is 24.5 Å². The van der Waals surface area contributed by atoms with Gasteiger partial charge < -0.3 is 9.47 Å². The van der Waals surface area contributed by atoms with Crippen LogP contribution in [0.5, 0.6) is 0 Å². The summed E-state index contributed by atoms with van der Waals surface area (Å²) in [6.45, 7) is 14.5. The first kappa shape index (κ1) is 22.2. The number of aromatic nitrogens is 2. The fraction of sp³-hybridized carbons (Fsp3) is 0.500. The van der Waals surface area contributed by atoms with Crippen molar-refractivity contribution in [3.63, 3.8) is 0 Å². The van der Waals surface area contributed by atoms with E-state index >= 15 is 0 Å². The Morgan fingerprint density at radius 3 is 2.17 bits per heavy atom. The molecule has 1 amide bonds. The molecule has 0 saturated heterocycles. The number of carbonyl (C=O) groups excluding carboxylic acids is 2. The molecule has 1 aromatic heterocycles. The van der Waals surface area contributed by atoms with Gasteiger partial charge in [-0.05, 0) is 73.6 Å². The van der Waals surface area contributed by atoms with E-state index in [-0.39, 0.29) is 5.69 Å². The van der Waals surface area contributed by atoms with Crippen LogP contribution in [0, 0.1) is 0 Å². The Kier molecular flexibility index (Phi) is 5.18. The van der Waals surface area contributed by atoms with Gasteiger partial charge in [0.05, 0.1) is 22.6 Å². The molecule has 0 atom stereocenters. The van der Waals surface area contributed by atoms with Crippen molar-refractivity contribution in [2.45, 2.75) is 72.1 Å². The first-order valence-corrected chi connectivity index (χ1v) is 10.1. The maximum absolute atomic E-state index is 13.3. The van der Waals surface area contributed by atoms with Gasteiger partial charge in [-0.25, -0.2) is 14.6 Å². The third kappa shape index (κ3) is 4.03. The number of rotatable bonds is 1. The Bertz CT molecular complexity index is 1010. The molecule has 2 aromatic rings. The summed E-state index contributed by atoms with van der Waals surface area (Å²) >= 11 is 6.25. The number of amides is 1. The molecule has 1 aliphatic rings. The minimum Gasteiger partial charge on any atom is -0.455 e. The lowest BCUT2D eigenvalue weighted by molar-refractivity contribution is 0.00587. The Labute approximate surface area is 181 Å². The highest BCUT2D eigenvalue weighted by Gasteiger charge is 2.46. The number of anilines is 1. The predicted octanol–water partition coefficient (Wildman–Crippen LogP) is 5.47. The fourth-order valence-corrected chi connectivity index (χ4v) is 3.68. The summed E-state index contributed by atoms with van der Waals surface area (Å²) in [6, 6.07) is 5.22. The van der Waals surface area contributed by atoms with Crippen molar-refractivity contribution in [2.75, 3.05) is 4.90 Å². The smallest absolute Gasteiger partial charge is 0.415 e. The van der Waals surface area contributed by atoms with Crippen LogP contribution in [0.4, 0.5) is 10.5 Å². The summed E-state index contributed by atoms with van der Waals surface area (Å²) in [6.07, 6.45) is 1.02. The fourth-order valence-electron chi connectivity index (χ4n) is 3.51. The quantitative estimate of drug-likeness (QED) is 0.557. The second kappa shape index (κ2) is 7.01. The molecule has 1 aromatic carbocycles. The molecule has 162 valence electrons. The molecular formula is C22H28ClN3O4. The van der Waals surface area contributed by atoms with E-state index in [9.17, 15) is 9.59 Å². The van der Waals surface area contributed by atoms with Crippen molar-refractivity contribution in [1.82, 2.24) is 9.55 Å². The molecule has 2 heterocycles. The van der Waals surface area contributed by atoms with Crippen molar-refractivity contribution in [1.29, 1.82) is 0 Å². The minimum atomic E-state index is -0.969. The molecule has 8 heteroatoms. The Balaban J connectivity index is 2.22. The van der Waals surface area contributed by atoms with Gasteiger partial charge in [0.15, 0.2) is 5.69 Å². The molecule has 0 unspecified atom stereocenters. The van der Waals surface area contributed by atoms with Crippen LogP contribution in [-0.2, 0) is 15.0 Å². The average molecular weight is 434 g/mol. The van der Waals surface area contributed by atoms with Gasteiger partial charge in [0.1, 0.15) is 17.5 Å². The first-order valence-electron chi connectivity index (χ1n) is 9.76. The van der Waals surface area contributed by atoms with Crippen molar-refractivity contribution >= 4 is 29.4 Å². The maximum atomic E-state index is 13.3. The number of fused-ring (bicyclic) bond motifs is 3. The van der Waals surface area contributed by atoms with E-state index in [2.05, 4.69) is 4.98 Å². The van der Waals surface area contributed by atoms with Crippen molar-refractivity contribution in [2.24, 2.45) is 0 Å². The summed E-state index contributed by atoms with van der Waals surface area (Å²) in [7, 11) is 0. The third-order valence-electron chi connectivity index (χ3n) is 4.51. The topological polar surface area (TPSA) is 73.7 Å². The number of hydrogen-bond donors (Lipinski definition) is 0. The lowest BCUT2D eigenvalue weighted by atomic mass is 9.92. The van der Waals surface area contributed by atoms with Crippen LogP contribution in [0.3, 0.4) is 0 Å². The summed E-state index contributed by atoms with van der Waals surface area (Å²) in [5, 5.41) is 0.481. The van der Waals surface area contributed by atoms with E-state index in [1.54, 1.807) is 70.6 Å². The van der Waals surface area contributed by atoms with Crippen LogP contribution < -0.4 is 4.90 Å². The van der Waals surface area contributed by atoms with Gasteiger partial charge in [-0.2, -0.15) is 0 Å². The molecule has 0 fully saturated rings. The predicted molar refractivity (Wildman–Crippen MR) is 115 cm³/mol. The zero-order valence-electron chi connectivity index (χ0n) is 18.7. The number of nitrogens with zero attached hydrogens (tertiary/aromatic N) is 3. The monoisotopic (exact) mass is 433 g/mol. The molecule has 7 nitrogen and oxygen atoms in total. The molecule has 30 heavy (non-hydrogen) atoms. The number of imidazole rings is 1. The highest BCUT2D eigenvalue weighted by molar-refractivity contribution is 6.31. The van der Waals surface area contributed by atoms with E-state index in [1.807, 2.05) is 13.8 Å². The number of halogens is 1. The van der Waals surface area contributed by atoms with Crippen LogP contribution in [-0.4, -0.2) is 32.8 Å². The second-order valence-corrected chi connectivity index (χ2v) is 10.3. The van der Waals surface area contributed by atoms with Crippen LogP contribution in [0.25, 0.3) is 5.69 Å². The molecule has 0 saturated carbocycles. The number of carbonyl (C=O) groups is 2. The van der Waals surface area contributed by atoms with Crippen molar-refractivity contribution in [3.05, 3.63) is 40.9 Å². The largest absolute Gasteiger partial charge is 0.455 e. The normalized spacial score (nSPS) is 15.3. The number of esters is 1. The Hall–Kier alpha value is -2.54.